The Labute approximate surface area is 205 Å². The third-order valence-corrected chi connectivity index (χ3v) is 6.43. The fourth-order valence-electron chi connectivity index (χ4n) is 4.51. The van der Waals surface area contributed by atoms with Crippen molar-refractivity contribution in [2.75, 3.05) is 34.4 Å². The standard InChI is InChI=1S/C28H30N2O5/c1-33-21-11-9-20(10-12-21)28(32)30-17-24(23-14-13-22(34-2)15-26(23)35-3)25(18-30)27(31)29-16-19-7-5-4-6-8-19/h4-15,24-25H,16-18H2,1-3H3,(H,29,31)/t24-,25-/m0/s1. The van der Waals surface area contributed by atoms with Crippen molar-refractivity contribution in [3.05, 3.63) is 89.5 Å². The number of benzene rings is 3. The van der Waals surface area contributed by atoms with Crippen LogP contribution in [0.1, 0.15) is 27.4 Å². The largest absolute Gasteiger partial charge is 0.497 e. The first-order valence-corrected chi connectivity index (χ1v) is 11.5. The summed E-state index contributed by atoms with van der Waals surface area (Å²) in [6, 6.07) is 22.4. The molecule has 2 amide bonds. The van der Waals surface area contributed by atoms with Crippen LogP contribution < -0.4 is 19.5 Å². The number of methoxy groups -OCH3 is 3. The highest BCUT2D eigenvalue weighted by Gasteiger charge is 2.41. The molecule has 1 aliphatic heterocycles. The molecule has 1 aliphatic rings. The number of likely N-dealkylation sites (tertiary alicyclic amines) is 1. The van der Waals surface area contributed by atoms with Crippen LogP contribution in [0.2, 0.25) is 0 Å². The number of nitrogens with zero attached hydrogens (tertiary/aromatic N) is 1. The molecule has 4 rings (SSSR count). The van der Waals surface area contributed by atoms with Gasteiger partial charge in [0, 0.05) is 42.7 Å². The summed E-state index contributed by atoms with van der Waals surface area (Å²) < 4.78 is 16.2. The van der Waals surface area contributed by atoms with Gasteiger partial charge in [-0.15, -0.1) is 0 Å². The van der Waals surface area contributed by atoms with Gasteiger partial charge in [-0.1, -0.05) is 36.4 Å². The zero-order valence-corrected chi connectivity index (χ0v) is 20.2. The number of hydrogen-bond donors (Lipinski definition) is 1. The number of ether oxygens (including phenoxy) is 3. The van der Waals surface area contributed by atoms with E-state index < -0.39 is 5.92 Å². The maximum Gasteiger partial charge on any atom is 0.253 e. The van der Waals surface area contributed by atoms with Crippen LogP contribution in [0.25, 0.3) is 0 Å². The minimum Gasteiger partial charge on any atom is -0.497 e. The summed E-state index contributed by atoms with van der Waals surface area (Å²) >= 11 is 0. The van der Waals surface area contributed by atoms with Gasteiger partial charge in [-0.25, -0.2) is 0 Å². The lowest BCUT2D eigenvalue weighted by molar-refractivity contribution is -0.125. The molecule has 2 atom stereocenters. The van der Waals surface area contributed by atoms with Gasteiger partial charge >= 0.3 is 0 Å². The minimum absolute atomic E-state index is 0.0956. The number of rotatable bonds is 8. The molecule has 7 nitrogen and oxygen atoms in total. The fourth-order valence-corrected chi connectivity index (χ4v) is 4.51. The van der Waals surface area contributed by atoms with Gasteiger partial charge < -0.3 is 24.4 Å². The Bertz CT molecular complexity index is 1160. The number of carbonyl (C=O) groups excluding carboxylic acids is 2. The average molecular weight is 475 g/mol. The van der Waals surface area contributed by atoms with Crippen LogP contribution in [0.15, 0.2) is 72.8 Å². The summed E-state index contributed by atoms with van der Waals surface area (Å²) in [5.41, 5.74) is 2.44. The zero-order chi connectivity index (χ0) is 24.8. The molecule has 0 spiro atoms. The lowest BCUT2D eigenvalue weighted by atomic mass is 9.87. The van der Waals surface area contributed by atoms with Crippen LogP contribution in [0.3, 0.4) is 0 Å². The van der Waals surface area contributed by atoms with Crippen molar-refractivity contribution >= 4 is 11.8 Å². The van der Waals surface area contributed by atoms with Gasteiger partial charge in [0.2, 0.25) is 5.91 Å². The topological polar surface area (TPSA) is 77.1 Å². The molecule has 0 aliphatic carbocycles. The highest BCUT2D eigenvalue weighted by molar-refractivity contribution is 5.95. The van der Waals surface area contributed by atoms with Crippen molar-refractivity contribution in [3.63, 3.8) is 0 Å². The second-order valence-electron chi connectivity index (χ2n) is 8.46. The first-order chi connectivity index (χ1) is 17.0. The molecule has 7 heteroatoms. The quantitative estimate of drug-likeness (QED) is 0.536. The summed E-state index contributed by atoms with van der Waals surface area (Å²) in [6.07, 6.45) is 0. The van der Waals surface area contributed by atoms with E-state index in [1.165, 1.54) is 0 Å². The molecule has 35 heavy (non-hydrogen) atoms. The SMILES string of the molecule is COc1ccc(C(=O)N2C[C@H](C(=O)NCc3ccccc3)[C@H](c3ccc(OC)cc3OC)C2)cc1. The first-order valence-electron chi connectivity index (χ1n) is 11.5. The van der Waals surface area contributed by atoms with E-state index in [4.69, 9.17) is 14.2 Å². The second kappa shape index (κ2) is 11.0. The van der Waals surface area contributed by atoms with Crippen molar-refractivity contribution < 1.29 is 23.8 Å². The minimum atomic E-state index is -0.428. The lowest BCUT2D eigenvalue weighted by Crippen LogP contribution is -2.35. The number of nitrogens with one attached hydrogen (secondary N) is 1. The molecule has 3 aromatic rings. The maximum atomic E-state index is 13.4. The van der Waals surface area contributed by atoms with Gasteiger partial charge in [-0.05, 0) is 35.9 Å². The van der Waals surface area contributed by atoms with Crippen molar-refractivity contribution in [2.24, 2.45) is 5.92 Å². The Balaban J connectivity index is 1.60. The molecule has 3 aromatic carbocycles. The molecule has 1 N–H and O–H groups in total. The third-order valence-electron chi connectivity index (χ3n) is 6.43. The molecule has 0 unspecified atom stereocenters. The van der Waals surface area contributed by atoms with E-state index >= 15 is 0 Å². The zero-order valence-electron chi connectivity index (χ0n) is 20.2. The van der Waals surface area contributed by atoms with Crippen molar-refractivity contribution in [2.45, 2.75) is 12.5 Å². The van der Waals surface area contributed by atoms with Gasteiger partial charge in [0.25, 0.3) is 5.91 Å². The first kappa shape index (κ1) is 24.1. The van der Waals surface area contributed by atoms with Crippen molar-refractivity contribution in [3.8, 4) is 17.2 Å². The van der Waals surface area contributed by atoms with Crippen LogP contribution in [0.4, 0.5) is 0 Å². The Morgan fingerprint density at radius 1 is 0.857 bits per heavy atom. The monoisotopic (exact) mass is 474 g/mol. The van der Waals surface area contributed by atoms with Gasteiger partial charge in [0.15, 0.2) is 0 Å². The van der Waals surface area contributed by atoms with Gasteiger partial charge in [0.05, 0.1) is 27.2 Å². The van der Waals surface area contributed by atoms with E-state index in [0.717, 1.165) is 11.1 Å². The number of hydrogen-bond acceptors (Lipinski definition) is 5. The molecule has 0 saturated carbocycles. The van der Waals surface area contributed by atoms with Crippen LogP contribution in [0.5, 0.6) is 17.2 Å². The summed E-state index contributed by atoms with van der Waals surface area (Å²) in [6.45, 7) is 1.14. The highest BCUT2D eigenvalue weighted by Crippen LogP contribution is 2.39. The number of carbonyl (C=O) groups is 2. The predicted octanol–water partition coefficient (Wildman–Crippen LogP) is 3.88. The van der Waals surface area contributed by atoms with Crippen LogP contribution in [-0.2, 0) is 11.3 Å². The van der Waals surface area contributed by atoms with Gasteiger partial charge in [0.1, 0.15) is 17.2 Å². The molecule has 1 fully saturated rings. The van der Waals surface area contributed by atoms with Crippen molar-refractivity contribution in [1.82, 2.24) is 10.2 Å². The molecule has 0 bridgehead atoms. The second-order valence-corrected chi connectivity index (χ2v) is 8.46. The molecule has 1 saturated heterocycles. The summed E-state index contributed by atoms with van der Waals surface area (Å²) in [7, 11) is 4.78. The molecule has 182 valence electrons. The Kier molecular flexibility index (Phi) is 7.55. The van der Waals surface area contributed by atoms with E-state index in [1.54, 1.807) is 50.5 Å². The molecule has 0 radical (unpaired) electrons. The van der Waals surface area contributed by atoms with Crippen LogP contribution in [0, 0.1) is 5.92 Å². The van der Waals surface area contributed by atoms with E-state index in [-0.39, 0.29) is 17.7 Å². The molecule has 0 aromatic heterocycles. The predicted molar refractivity (Wildman–Crippen MR) is 133 cm³/mol. The van der Waals surface area contributed by atoms with Gasteiger partial charge in [-0.3, -0.25) is 9.59 Å². The average Bonchev–Trinajstić information content (AvgIpc) is 3.37. The van der Waals surface area contributed by atoms with Crippen LogP contribution >= 0.6 is 0 Å². The normalized spacial score (nSPS) is 17.1. The summed E-state index contributed by atoms with van der Waals surface area (Å²) in [4.78, 5) is 28.4. The molecular weight excluding hydrogens is 444 g/mol. The highest BCUT2D eigenvalue weighted by atomic mass is 16.5. The lowest BCUT2D eigenvalue weighted by Gasteiger charge is -2.21. The van der Waals surface area contributed by atoms with E-state index in [2.05, 4.69) is 5.32 Å². The number of amides is 2. The fraction of sp³-hybridized carbons (Fsp3) is 0.286. The maximum absolute atomic E-state index is 13.4. The van der Waals surface area contributed by atoms with Gasteiger partial charge in [-0.2, -0.15) is 0 Å². The Morgan fingerprint density at radius 2 is 1.54 bits per heavy atom. The Hall–Kier alpha value is -4.00. The van der Waals surface area contributed by atoms with E-state index in [0.29, 0.717) is 42.4 Å². The van der Waals surface area contributed by atoms with Crippen molar-refractivity contribution in [1.29, 1.82) is 0 Å². The van der Waals surface area contributed by atoms with Crippen LogP contribution in [-0.4, -0.2) is 51.1 Å². The summed E-state index contributed by atoms with van der Waals surface area (Å²) in [5.74, 6) is 1.11. The smallest absolute Gasteiger partial charge is 0.253 e. The van der Waals surface area contributed by atoms with E-state index in [9.17, 15) is 9.59 Å². The Morgan fingerprint density at radius 3 is 2.20 bits per heavy atom. The molecular formula is C28H30N2O5. The molecule has 1 heterocycles. The van der Waals surface area contributed by atoms with E-state index in [1.807, 2.05) is 48.5 Å². The third kappa shape index (κ3) is 5.40. The summed E-state index contributed by atoms with van der Waals surface area (Å²) in [5, 5.41) is 3.06.